The smallest absolute Gasteiger partial charge is 0.278 e. The summed E-state index contributed by atoms with van der Waals surface area (Å²) in [6, 6.07) is 17.7. The normalized spacial score (nSPS) is 18.0. The van der Waals surface area contributed by atoms with Crippen LogP contribution in [0.15, 0.2) is 54.6 Å². The zero-order chi connectivity index (χ0) is 18.8. The quantitative estimate of drug-likeness (QED) is 0.759. The first-order valence-corrected chi connectivity index (χ1v) is 9.50. The van der Waals surface area contributed by atoms with Crippen LogP contribution in [0.2, 0.25) is 0 Å². The number of hydrogen-bond donors (Lipinski definition) is 1. The van der Waals surface area contributed by atoms with E-state index in [4.69, 9.17) is 0 Å². The fraction of sp³-hybridized carbons (Fsp3) is 0.318. The van der Waals surface area contributed by atoms with Gasteiger partial charge in [0, 0.05) is 18.5 Å². The zero-order valence-corrected chi connectivity index (χ0v) is 15.4. The molecule has 3 aromatic rings. The highest BCUT2D eigenvalue weighted by Gasteiger charge is 2.36. The van der Waals surface area contributed by atoms with Crippen LogP contribution in [0.3, 0.4) is 0 Å². The highest BCUT2D eigenvalue weighted by molar-refractivity contribution is 5.96. The molecule has 4 rings (SSSR count). The maximum absolute atomic E-state index is 13.2. The number of rotatable bonds is 4. The lowest BCUT2D eigenvalue weighted by Gasteiger charge is -2.31. The summed E-state index contributed by atoms with van der Waals surface area (Å²) >= 11 is 0. The van der Waals surface area contributed by atoms with Crippen LogP contribution in [-0.2, 0) is 0 Å². The molecule has 1 aliphatic heterocycles. The van der Waals surface area contributed by atoms with Crippen molar-refractivity contribution < 1.29 is 9.90 Å². The Kier molecular flexibility index (Phi) is 4.75. The summed E-state index contributed by atoms with van der Waals surface area (Å²) in [6.45, 7) is 2.84. The van der Waals surface area contributed by atoms with E-state index in [9.17, 15) is 9.90 Å². The average Bonchev–Trinajstić information content (AvgIpc) is 3.18. The molecule has 1 amide bonds. The summed E-state index contributed by atoms with van der Waals surface area (Å²) in [5.41, 5.74) is 2.49. The topological polar surface area (TPSA) is 66.3 Å². The van der Waals surface area contributed by atoms with Gasteiger partial charge in [-0.05, 0) is 37.0 Å². The second-order valence-electron chi connectivity index (χ2n) is 7.02. The van der Waals surface area contributed by atoms with Gasteiger partial charge in [-0.25, -0.2) is 9.97 Å². The minimum Gasteiger partial charge on any atom is -0.492 e. The molecule has 1 N–H and O–H groups in total. The zero-order valence-electron chi connectivity index (χ0n) is 15.4. The third-order valence-corrected chi connectivity index (χ3v) is 5.45. The monoisotopic (exact) mass is 361 g/mol. The summed E-state index contributed by atoms with van der Waals surface area (Å²) in [4.78, 5) is 23.7. The third-order valence-electron chi connectivity index (χ3n) is 5.45. The number of para-hydroxylation sites is 2. The van der Waals surface area contributed by atoms with Crippen molar-refractivity contribution in [3.8, 4) is 5.88 Å². The van der Waals surface area contributed by atoms with E-state index >= 15 is 0 Å². The lowest BCUT2D eigenvalue weighted by molar-refractivity contribution is 0.0705. The van der Waals surface area contributed by atoms with Gasteiger partial charge in [0.1, 0.15) is 0 Å². The van der Waals surface area contributed by atoms with Gasteiger partial charge < -0.3 is 10.0 Å². The lowest BCUT2D eigenvalue weighted by atomic mass is 9.87. The maximum atomic E-state index is 13.2. The molecule has 0 bridgehead atoms. The van der Waals surface area contributed by atoms with E-state index < -0.39 is 0 Å². The molecule has 27 heavy (non-hydrogen) atoms. The van der Waals surface area contributed by atoms with Crippen molar-refractivity contribution in [3.05, 3.63) is 65.9 Å². The summed E-state index contributed by atoms with van der Waals surface area (Å²) in [6.07, 6.45) is 2.87. The number of fused-ring (bicyclic) bond motifs is 1. The predicted octanol–water partition coefficient (Wildman–Crippen LogP) is 4.13. The molecule has 2 aromatic carbocycles. The molecule has 5 nitrogen and oxygen atoms in total. The molecule has 2 unspecified atom stereocenters. The number of benzene rings is 2. The number of hydrogen-bond acceptors (Lipinski definition) is 4. The third kappa shape index (κ3) is 3.25. The molecular formula is C22H23N3O2. The van der Waals surface area contributed by atoms with Gasteiger partial charge in [-0.2, -0.15) is 0 Å². The minimum atomic E-state index is -0.294. The Morgan fingerprint density at radius 2 is 1.78 bits per heavy atom. The summed E-state index contributed by atoms with van der Waals surface area (Å²) < 4.78 is 0. The number of carbonyl (C=O) groups excluding carboxylic acids is 1. The van der Waals surface area contributed by atoms with Gasteiger partial charge >= 0.3 is 0 Å². The molecule has 1 saturated heterocycles. The van der Waals surface area contributed by atoms with Crippen LogP contribution < -0.4 is 0 Å². The van der Waals surface area contributed by atoms with E-state index in [-0.39, 0.29) is 29.4 Å². The van der Waals surface area contributed by atoms with Gasteiger partial charge in [0.15, 0.2) is 5.69 Å². The van der Waals surface area contributed by atoms with E-state index in [1.54, 1.807) is 12.1 Å². The van der Waals surface area contributed by atoms with Crippen LogP contribution in [0.25, 0.3) is 11.0 Å². The lowest BCUT2D eigenvalue weighted by Crippen LogP contribution is -2.39. The average molecular weight is 361 g/mol. The Bertz CT molecular complexity index is 958. The number of nitrogens with zero attached hydrogens (tertiary/aromatic N) is 3. The number of amides is 1. The Labute approximate surface area is 158 Å². The minimum absolute atomic E-state index is 0.0449. The fourth-order valence-corrected chi connectivity index (χ4v) is 4.16. The SMILES string of the molecule is CCC(c1ccccc1)C1CCCN1C(=O)c1nc2ccccc2nc1O. The highest BCUT2D eigenvalue weighted by atomic mass is 16.3. The Hall–Kier alpha value is -2.95. The van der Waals surface area contributed by atoms with Gasteiger partial charge in [-0.15, -0.1) is 0 Å². The molecule has 0 spiro atoms. The van der Waals surface area contributed by atoms with Crippen LogP contribution in [-0.4, -0.2) is 38.5 Å². The maximum Gasteiger partial charge on any atom is 0.278 e. The molecule has 5 heteroatoms. The van der Waals surface area contributed by atoms with Crippen molar-refractivity contribution in [2.24, 2.45) is 0 Å². The van der Waals surface area contributed by atoms with Crippen molar-refractivity contribution in [3.63, 3.8) is 0 Å². The summed E-state index contributed by atoms with van der Waals surface area (Å²) in [5.74, 6) is -0.257. The molecular weight excluding hydrogens is 338 g/mol. The first-order chi connectivity index (χ1) is 13.2. The van der Waals surface area contributed by atoms with Crippen LogP contribution in [0.5, 0.6) is 5.88 Å². The number of carbonyl (C=O) groups is 1. The number of aromatic hydroxyl groups is 1. The molecule has 1 aliphatic rings. The second-order valence-corrected chi connectivity index (χ2v) is 7.02. The summed E-state index contributed by atoms with van der Waals surface area (Å²) in [5, 5.41) is 10.3. The largest absolute Gasteiger partial charge is 0.492 e. The fourth-order valence-electron chi connectivity index (χ4n) is 4.16. The molecule has 2 heterocycles. The van der Waals surface area contributed by atoms with E-state index in [1.165, 1.54) is 5.56 Å². The predicted molar refractivity (Wildman–Crippen MR) is 105 cm³/mol. The standard InChI is InChI=1S/C22H23N3O2/c1-2-16(15-9-4-3-5-10-15)19-13-8-14-25(19)22(27)20-21(26)24-18-12-7-6-11-17(18)23-20/h3-7,9-12,16,19H,2,8,13-14H2,1H3,(H,24,26). The first kappa shape index (κ1) is 17.5. The van der Waals surface area contributed by atoms with Crippen LogP contribution in [0.4, 0.5) is 0 Å². The van der Waals surface area contributed by atoms with Crippen molar-refractivity contribution in [2.45, 2.75) is 38.1 Å². The first-order valence-electron chi connectivity index (χ1n) is 9.50. The summed E-state index contributed by atoms with van der Waals surface area (Å²) in [7, 11) is 0. The molecule has 1 aromatic heterocycles. The van der Waals surface area contributed by atoms with Crippen LogP contribution in [0, 0.1) is 0 Å². The van der Waals surface area contributed by atoms with Crippen molar-refractivity contribution in [1.82, 2.24) is 14.9 Å². The van der Waals surface area contributed by atoms with Crippen molar-refractivity contribution in [1.29, 1.82) is 0 Å². The van der Waals surface area contributed by atoms with E-state index in [0.717, 1.165) is 19.3 Å². The van der Waals surface area contributed by atoms with Crippen molar-refractivity contribution in [2.75, 3.05) is 6.54 Å². The Morgan fingerprint density at radius 3 is 2.48 bits per heavy atom. The molecule has 0 radical (unpaired) electrons. The van der Waals surface area contributed by atoms with Gasteiger partial charge in [0.2, 0.25) is 5.88 Å². The Balaban J connectivity index is 1.67. The molecule has 2 atom stereocenters. The van der Waals surface area contributed by atoms with Crippen molar-refractivity contribution >= 4 is 16.9 Å². The molecule has 1 fully saturated rings. The van der Waals surface area contributed by atoms with Crippen LogP contribution >= 0.6 is 0 Å². The van der Waals surface area contributed by atoms with Gasteiger partial charge in [0.05, 0.1) is 11.0 Å². The highest BCUT2D eigenvalue weighted by Crippen LogP contribution is 2.35. The molecule has 0 aliphatic carbocycles. The van der Waals surface area contributed by atoms with Crippen LogP contribution in [0.1, 0.15) is 48.2 Å². The molecule has 0 saturated carbocycles. The van der Waals surface area contributed by atoms with E-state index in [0.29, 0.717) is 17.6 Å². The molecule has 138 valence electrons. The van der Waals surface area contributed by atoms with E-state index in [2.05, 4.69) is 29.0 Å². The van der Waals surface area contributed by atoms with E-state index in [1.807, 2.05) is 35.2 Å². The number of aromatic nitrogens is 2. The second kappa shape index (κ2) is 7.35. The Morgan fingerprint density at radius 1 is 1.11 bits per heavy atom. The van der Waals surface area contributed by atoms with Gasteiger partial charge in [-0.3, -0.25) is 4.79 Å². The van der Waals surface area contributed by atoms with Gasteiger partial charge in [0.25, 0.3) is 5.91 Å². The number of likely N-dealkylation sites (tertiary alicyclic amines) is 1. The van der Waals surface area contributed by atoms with Gasteiger partial charge in [-0.1, -0.05) is 49.4 Å².